The van der Waals surface area contributed by atoms with E-state index >= 15 is 0 Å². The predicted octanol–water partition coefficient (Wildman–Crippen LogP) is 2.51. The van der Waals surface area contributed by atoms with Crippen molar-refractivity contribution in [3.05, 3.63) is 29.3 Å². The van der Waals surface area contributed by atoms with Gasteiger partial charge in [-0.2, -0.15) is 0 Å². The number of nitrogens with zero attached hydrogens (tertiary/aromatic N) is 1. The number of hydrogen-bond acceptors (Lipinski definition) is 3. The first-order valence-corrected chi connectivity index (χ1v) is 7.92. The molecule has 1 saturated heterocycles. The summed E-state index contributed by atoms with van der Waals surface area (Å²) in [5.41, 5.74) is 2.46. The van der Waals surface area contributed by atoms with Gasteiger partial charge in [-0.1, -0.05) is 17.7 Å². The van der Waals surface area contributed by atoms with Crippen LogP contribution in [0.3, 0.4) is 0 Å². The average Bonchev–Trinajstić information content (AvgIpc) is 3.04. The Balaban J connectivity index is 0.00000264. The van der Waals surface area contributed by atoms with E-state index in [-0.39, 0.29) is 24.0 Å². The van der Waals surface area contributed by atoms with Crippen LogP contribution in [0.1, 0.15) is 24.0 Å². The van der Waals surface area contributed by atoms with Crippen LogP contribution < -0.4 is 15.4 Å². The lowest BCUT2D eigenvalue weighted by atomic mass is 10.1. The van der Waals surface area contributed by atoms with Crippen molar-refractivity contribution in [1.82, 2.24) is 10.6 Å². The van der Waals surface area contributed by atoms with Crippen molar-refractivity contribution in [3.63, 3.8) is 0 Å². The molecule has 0 spiro atoms. The van der Waals surface area contributed by atoms with Gasteiger partial charge in [0.1, 0.15) is 5.75 Å². The zero-order chi connectivity index (χ0) is 15.8. The van der Waals surface area contributed by atoms with Gasteiger partial charge in [-0.25, -0.2) is 0 Å². The summed E-state index contributed by atoms with van der Waals surface area (Å²) in [6, 6.07) is 6.26. The van der Waals surface area contributed by atoms with E-state index in [4.69, 9.17) is 9.47 Å². The van der Waals surface area contributed by atoms with E-state index in [0.29, 0.717) is 6.10 Å². The van der Waals surface area contributed by atoms with Crippen molar-refractivity contribution < 1.29 is 9.47 Å². The molecule has 0 saturated carbocycles. The van der Waals surface area contributed by atoms with Crippen LogP contribution in [0.4, 0.5) is 0 Å². The Bertz CT molecular complexity index is 503. The lowest BCUT2D eigenvalue weighted by Gasteiger charge is -2.15. The Morgan fingerprint density at radius 3 is 2.87 bits per heavy atom. The molecule has 130 valence electrons. The maximum Gasteiger partial charge on any atom is 0.191 e. The second-order valence-electron chi connectivity index (χ2n) is 5.58. The molecule has 0 amide bonds. The Hall–Kier alpha value is -1.02. The number of benzene rings is 1. The fraction of sp³-hybridized carbons (Fsp3) is 0.588. The predicted molar refractivity (Wildman–Crippen MR) is 105 cm³/mol. The van der Waals surface area contributed by atoms with Gasteiger partial charge in [-0.15, -0.1) is 24.0 Å². The molecular weight excluding hydrogens is 405 g/mol. The van der Waals surface area contributed by atoms with Crippen molar-refractivity contribution in [2.45, 2.75) is 32.3 Å². The van der Waals surface area contributed by atoms with Crippen molar-refractivity contribution >= 4 is 29.9 Å². The number of nitrogens with one attached hydrogen (secondary N) is 2. The number of guanidine groups is 1. The molecule has 1 aliphatic rings. The van der Waals surface area contributed by atoms with Crippen LogP contribution in [0.2, 0.25) is 0 Å². The van der Waals surface area contributed by atoms with Crippen molar-refractivity contribution in [2.75, 3.05) is 33.9 Å². The second kappa shape index (κ2) is 10.7. The summed E-state index contributed by atoms with van der Waals surface area (Å²) in [6.45, 7) is 4.60. The zero-order valence-electron chi connectivity index (χ0n) is 14.2. The van der Waals surface area contributed by atoms with Gasteiger partial charge in [0, 0.05) is 26.7 Å². The monoisotopic (exact) mass is 433 g/mol. The number of rotatable bonds is 6. The Morgan fingerprint density at radius 1 is 1.39 bits per heavy atom. The topological polar surface area (TPSA) is 54.9 Å². The fourth-order valence-corrected chi connectivity index (χ4v) is 2.65. The molecule has 0 aromatic heterocycles. The normalized spacial score (nSPS) is 17.5. The first kappa shape index (κ1) is 20.0. The molecule has 2 N–H and O–H groups in total. The molecule has 0 aliphatic carbocycles. The van der Waals surface area contributed by atoms with E-state index in [9.17, 15) is 0 Å². The van der Waals surface area contributed by atoms with Crippen LogP contribution >= 0.6 is 24.0 Å². The minimum absolute atomic E-state index is 0. The minimum Gasteiger partial charge on any atom is -0.496 e. The third-order valence-electron chi connectivity index (χ3n) is 3.87. The molecule has 1 atom stereocenters. The number of aryl methyl sites for hydroxylation is 1. The highest BCUT2D eigenvalue weighted by atomic mass is 127. The molecular formula is C17H28IN3O2. The Labute approximate surface area is 156 Å². The van der Waals surface area contributed by atoms with Crippen LogP contribution in [0.5, 0.6) is 5.75 Å². The van der Waals surface area contributed by atoms with E-state index in [2.05, 4.69) is 34.7 Å². The molecule has 5 nitrogen and oxygen atoms in total. The fourth-order valence-electron chi connectivity index (χ4n) is 2.65. The van der Waals surface area contributed by atoms with Crippen LogP contribution in [0.15, 0.2) is 23.2 Å². The van der Waals surface area contributed by atoms with Gasteiger partial charge in [-0.3, -0.25) is 4.99 Å². The zero-order valence-corrected chi connectivity index (χ0v) is 16.6. The number of methoxy groups -OCH3 is 1. The van der Waals surface area contributed by atoms with Gasteiger partial charge in [0.15, 0.2) is 5.96 Å². The molecule has 0 radical (unpaired) electrons. The van der Waals surface area contributed by atoms with Gasteiger partial charge < -0.3 is 20.1 Å². The summed E-state index contributed by atoms with van der Waals surface area (Å²) in [6.07, 6.45) is 3.50. The van der Waals surface area contributed by atoms with E-state index in [1.54, 1.807) is 14.2 Å². The molecule has 2 rings (SSSR count). The number of hydrogen-bond donors (Lipinski definition) is 2. The molecule has 0 bridgehead atoms. The van der Waals surface area contributed by atoms with Gasteiger partial charge >= 0.3 is 0 Å². The maximum absolute atomic E-state index is 5.60. The van der Waals surface area contributed by atoms with E-state index in [1.165, 1.54) is 11.1 Å². The molecule has 1 heterocycles. The SMILES string of the molecule is CN=C(NCCc1cc(C)ccc1OC)NCC1CCCO1.I. The van der Waals surface area contributed by atoms with Crippen LogP contribution in [-0.4, -0.2) is 45.9 Å². The van der Waals surface area contributed by atoms with Gasteiger partial charge in [0.2, 0.25) is 0 Å². The highest BCUT2D eigenvalue weighted by molar-refractivity contribution is 14.0. The van der Waals surface area contributed by atoms with Crippen LogP contribution in [0, 0.1) is 6.92 Å². The molecule has 1 unspecified atom stereocenters. The smallest absolute Gasteiger partial charge is 0.191 e. The first-order chi connectivity index (χ1) is 10.7. The molecule has 6 heteroatoms. The summed E-state index contributed by atoms with van der Waals surface area (Å²) < 4.78 is 11.0. The van der Waals surface area contributed by atoms with E-state index in [1.807, 2.05) is 6.07 Å². The van der Waals surface area contributed by atoms with Crippen molar-refractivity contribution in [1.29, 1.82) is 0 Å². The molecule has 1 fully saturated rings. The maximum atomic E-state index is 5.60. The van der Waals surface area contributed by atoms with E-state index in [0.717, 1.165) is 50.7 Å². The lowest BCUT2D eigenvalue weighted by Crippen LogP contribution is -2.41. The first-order valence-electron chi connectivity index (χ1n) is 7.92. The largest absolute Gasteiger partial charge is 0.496 e. The van der Waals surface area contributed by atoms with Crippen molar-refractivity contribution in [2.24, 2.45) is 4.99 Å². The highest BCUT2D eigenvalue weighted by Gasteiger charge is 2.15. The molecule has 23 heavy (non-hydrogen) atoms. The number of ether oxygens (including phenoxy) is 2. The average molecular weight is 433 g/mol. The number of aliphatic imine (C=N–C) groups is 1. The van der Waals surface area contributed by atoms with E-state index < -0.39 is 0 Å². The van der Waals surface area contributed by atoms with Crippen molar-refractivity contribution in [3.8, 4) is 5.75 Å². The quantitative estimate of drug-likeness (QED) is 0.411. The second-order valence-corrected chi connectivity index (χ2v) is 5.58. The Morgan fingerprint density at radius 2 is 2.22 bits per heavy atom. The van der Waals surface area contributed by atoms with Crippen LogP contribution in [0.25, 0.3) is 0 Å². The number of halogens is 1. The third-order valence-corrected chi connectivity index (χ3v) is 3.87. The standard InChI is InChI=1S/C17H27N3O2.HI/c1-13-6-7-16(21-3)14(11-13)8-9-19-17(18-2)20-12-15-5-4-10-22-15;/h6-7,11,15H,4-5,8-10,12H2,1-3H3,(H2,18,19,20);1H. The Kier molecular flexibility index (Phi) is 9.31. The summed E-state index contributed by atoms with van der Waals surface area (Å²) in [4.78, 5) is 4.25. The summed E-state index contributed by atoms with van der Waals surface area (Å²) in [5, 5.41) is 6.66. The third kappa shape index (κ3) is 6.55. The summed E-state index contributed by atoms with van der Waals surface area (Å²) in [7, 11) is 3.50. The highest BCUT2D eigenvalue weighted by Crippen LogP contribution is 2.19. The van der Waals surface area contributed by atoms with Gasteiger partial charge in [-0.05, 0) is 37.8 Å². The summed E-state index contributed by atoms with van der Waals surface area (Å²) >= 11 is 0. The molecule has 1 aromatic carbocycles. The van der Waals surface area contributed by atoms with Gasteiger partial charge in [0.25, 0.3) is 0 Å². The summed E-state index contributed by atoms with van der Waals surface area (Å²) in [5.74, 6) is 1.76. The molecule has 1 aliphatic heterocycles. The van der Waals surface area contributed by atoms with Gasteiger partial charge in [0.05, 0.1) is 13.2 Å². The minimum atomic E-state index is 0. The molecule has 1 aromatic rings. The van der Waals surface area contributed by atoms with Crippen LogP contribution in [-0.2, 0) is 11.2 Å². The lowest BCUT2D eigenvalue weighted by molar-refractivity contribution is 0.114.